The van der Waals surface area contributed by atoms with E-state index in [2.05, 4.69) is 0 Å². The topological polar surface area (TPSA) is 51.8 Å². The van der Waals surface area contributed by atoms with Crippen LogP contribution in [0.5, 0.6) is 0 Å². The van der Waals surface area contributed by atoms with Gasteiger partial charge in [0.05, 0.1) is 17.8 Å². The molecule has 0 aliphatic heterocycles. The zero-order valence-electron chi connectivity index (χ0n) is 38.5. The molecule has 222 valence electrons. The molecule has 0 amide bonds. The molecule has 47 heavy (non-hydrogen) atoms. The van der Waals surface area contributed by atoms with E-state index in [1.165, 1.54) is 12.1 Å². The van der Waals surface area contributed by atoms with Gasteiger partial charge in [-0.3, -0.25) is 0 Å². The molecule has 0 N–H and O–H groups in total. The van der Waals surface area contributed by atoms with Crippen LogP contribution in [0, 0.1) is 0 Å². The van der Waals surface area contributed by atoms with E-state index in [0.717, 1.165) is 0 Å². The largest absolute Gasteiger partial charge is 0.460 e. The van der Waals surface area contributed by atoms with Gasteiger partial charge in [0, 0.05) is 35.4 Å². The quantitative estimate of drug-likeness (QED) is 0.193. The van der Waals surface area contributed by atoms with Gasteiger partial charge < -0.3 is 4.42 Å². The number of fused-ring (bicyclic) bond motifs is 4. The van der Waals surface area contributed by atoms with Crippen LogP contribution in [0.15, 0.2) is 156 Å². The predicted molar refractivity (Wildman–Crippen MR) is 191 cm³/mol. The predicted octanol–water partition coefficient (Wildman–Crippen LogP) is 10.8. The first-order valence-electron chi connectivity index (χ1n) is 21.8. The van der Waals surface area contributed by atoms with Crippen molar-refractivity contribution >= 4 is 27.3 Å². The number of para-hydroxylation sites is 1. The SMILES string of the molecule is [2H]C1=C(c2nc(-c3cccc(-c4c([2H])c([2H])c([2H])c([2H])c4[2H])c3)nc(-c3ccc4cc(-c5c([2H])c([2H])c([2H])c([2H])c5[2H])ccc4c3)n2)c2c(oc3c([2H])cc([2H])cc23)C([2H])C1. The molecule has 1 aliphatic rings. The first-order valence-corrected chi connectivity index (χ1v) is 14.8. The molecule has 0 saturated carbocycles. The Kier molecular flexibility index (Phi) is 3.97. The molecule has 1 atom stereocenters. The molecule has 1 aliphatic carbocycles. The summed E-state index contributed by atoms with van der Waals surface area (Å²) >= 11 is 0. The highest BCUT2D eigenvalue weighted by atomic mass is 16.3. The Hall–Kier alpha value is -6.13. The number of furan rings is 1. The number of rotatable bonds is 5. The molecule has 8 aromatic rings. The van der Waals surface area contributed by atoms with E-state index in [-0.39, 0.29) is 94.2 Å². The molecule has 6 aromatic carbocycles. The lowest BCUT2D eigenvalue weighted by Crippen LogP contribution is -2.06. The van der Waals surface area contributed by atoms with Gasteiger partial charge >= 0.3 is 0 Å². The lowest BCUT2D eigenvalue weighted by atomic mass is 9.93. The minimum Gasteiger partial charge on any atom is -0.460 e. The molecular weight excluding hydrogens is 574 g/mol. The van der Waals surface area contributed by atoms with Crippen LogP contribution in [0.25, 0.3) is 72.3 Å². The van der Waals surface area contributed by atoms with Crippen molar-refractivity contribution in [2.24, 2.45) is 0 Å². The van der Waals surface area contributed by atoms with Crippen LogP contribution in [0.4, 0.5) is 0 Å². The highest BCUT2D eigenvalue weighted by Gasteiger charge is 2.25. The summed E-state index contributed by atoms with van der Waals surface area (Å²) in [7, 11) is 0. The van der Waals surface area contributed by atoms with Crippen LogP contribution in [0.3, 0.4) is 0 Å². The Morgan fingerprint density at radius 3 is 1.91 bits per heavy atom. The first-order chi connectivity index (χ1) is 29.0. The fourth-order valence-corrected chi connectivity index (χ4v) is 5.75. The Morgan fingerprint density at radius 2 is 1.17 bits per heavy atom. The second kappa shape index (κ2) is 11.3. The Labute approximate surface area is 292 Å². The Morgan fingerprint density at radius 1 is 0.553 bits per heavy atom. The maximum absolute atomic E-state index is 9.19. The van der Waals surface area contributed by atoms with Crippen molar-refractivity contribution in [2.45, 2.75) is 12.8 Å². The number of benzene rings is 6. The van der Waals surface area contributed by atoms with Crippen LogP contribution >= 0.6 is 0 Å². The van der Waals surface area contributed by atoms with Crippen LogP contribution in [0.1, 0.15) is 42.8 Å². The molecule has 2 heterocycles. The van der Waals surface area contributed by atoms with E-state index < -0.39 is 42.7 Å². The van der Waals surface area contributed by atoms with Gasteiger partial charge in [-0.15, -0.1) is 0 Å². The van der Waals surface area contributed by atoms with E-state index in [1.54, 1.807) is 60.7 Å². The zero-order chi connectivity index (χ0) is 43.3. The monoisotopic (exact) mass is 617 g/mol. The van der Waals surface area contributed by atoms with E-state index in [9.17, 15) is 1.37 Å². The van der Waals surface area contributed by atoms with Crippen molar-refractivity contribution in [2.75, 3.05) is 0 Å². The molecule has 0 saturated heterocycles. The smallest absolute Gasteiger partial charge is 0.164 e. The summed E-state index contributed by atoms with van der Waals surface area (Å²) in [5.74, 6) is 0.505. The van der Waals surface area contributed by atoms with Gasteiger partial charge in [-0.2, -0.15) is 0 Å². The summed E-state index contributed by atoms with van der Waals surface area (Å²) in [6.45, 7) is 0. The maximum atomic E-state index is 9.19. The van der Waals surface area contributed by atoms with Gasteiger partial charge in [-0.05, 0) is 63.7 Å². The summed E-state index contributed by atoms with van der Waals surface area (Å²) in [6, 6.07) is 15.6. The van der Waals surface area contributed by atoms with Crippen molar-refractivity contribution in [3.63, 3.8) is 0 Å². The van der Waals surface area contributed by atoms with Crippen molar-refractivity contribution < 1.29 is 23.6 Å². The minimum atomic E-state index is -0.977. The first kappa shape index (κ1) is 16.4. The van der Waals surface area contributed by atoms with E-state index >= 15 is 0 Å². The molecule has 0 fully saturated rings. The summed E-state index contributed by atoms with van der Waals surface area (Å²) in [5.41, 5.74) is 2.38. The fraction of sp³-hybridized carbons (Fsp3) is 0.0465. The average molecular weight is 618 g/mol. The van der Waals surface area contributed by atoms with Gasteiger partial charge in [-0.1, -0.05) is 127 Å². The van der Waals surface area contributed by atoms with Crippen LogP contribution in [0.2, 0.25) is 0 Å². The standard InChI is InChI=1S/C43H29N3O/c1-3-11-28(12-4-1)30-15-9-16-34(26-30)41-44-42(35-24-23-32-25-31(21-22-33(32)27-35)29-13-5-2-6-14-29)46-43(45-41)37-18-10-20-39-40(37)36-17-7-8-19-38(36)47-39/h1-9,11-19,21-27H,10,20H2/i1D,2D,3D,4D,5D,6D,7D,11D,12D,13D,14D,18D,19D,20D. The molecule has 2 aromatic heterocycles. The van der Waals surface area contributed by atoms with Crippen LogP contribution in [-0.2, 0) is 6.40 Å². The normalized spacial score (nSPS) is 18.6. The van der Waals surface area contributed by atoms with Crippen molar-refractivity contribution in [1.82, 2.24) is 15.0 Å². The van der Waals surface area contributed by atoms with Crippen molar-refractivity contribution in [1.29, 1.82) is 0 Å². The summed E-state index contributed by atoms with van der Waals surface area (Å²) < 4.78 is 124. The van der Waals surface area contributed by atoms with Crippen molar-refractivity contribution in [3.05, 3.63) is 169 Å². The van der Waals surface area contributed by atoms with Gasteiger partial charge in [0.1, 0.15) is 11.3 Å². The zero-order valence-corrected chi connectivity index (χ0v) is 24.5. The van der Waals surface area contributed by atoms with Gasteiger partial charge in [-0.25, -0.2) is 15.0 Å². The number of aryl methyl sites for hydroxylation is 1. The van der Waals surface area contributed by atoms with Gasteiger partial charge in [0.25, 0.3) is 0 Å². The highest BCUT2D eigenvalue weighted by molar-refractivity contribution is 5.97. The number of nitrogens with zero attached hydrogens (tertiary/aromatic N) is 3. The van der Waals surface area contributed by atoms with E-state index in [4.69, 9.17) is 37.2 Å². The molecule has 0 spiro atoms. The third-order valence-electron chi connectivity index (χ3n) is 7.96. The maximum Gasteiger partial charge on any atom is 0.164 e. The van der Waals surface area contributed by atoms with E-state index in [0.29, 0.717) is 44.0 Å². The highest BCUT2D eigenvalue weighted by Crippen LogP contribution is 2.39. The summed E-state index contributed by atoms with van der Waals surface area (Å²) in [5, 5.41) is 1.74. The second-order valence-corrected chi connectivity index (χ2v) is 10.8. The molecule has 4 heteroatoms. The number of hydrogen-bond acceptors (Lipinski definition) is 4. The number of hydrogen-bond donors (Lipinski definition) is 0. The molecule has 4 nitrogen and oxygen atoms in total. The van der Waals surface area contributed by atoms with Crippen molar-refractivity contribution in [3.8, 4) is 45.0 Å². The third-order valence-corrected chi connectivity index (χ3v) is 7.96. The van der Waals surface area contributed by atoms with Gasteiger partial charge in [0.15, 0.2) is 17.5 Å². The third kappa shape index (κ3) is 5.01. The molecular formula is C43H29N3O. The molecule has 0 radical (unpaired) electrons. The molecule has 9 rings (SSSR count). The Bertz CT molecular complexity index is 3200. The lowest BCUT2D eigenvalue weighted by Gasteiger charge is -2.15. The fourth-order valence-electron chi connectivity index (χ4n) is 5.75. The number of aromatic nitrogens is 3. The molecule has 0 bridgehead atoms. The second-order valence-electron chi connectivity index (χ2n) is 10.8. The lowest BCUT2D eigenvalue weighted by molar-refractivity contribution is 0.545. The number of allylic oxidation sites excluding steroid dienone is 1. The average Bonchev–Trinajstić information content (AvgIpc) is 3.63. The summed E-state index contributed by atoms with van der Waals surface area (Å²) in [6.07, 6.45) is -1.04. The Balaban J connectivity index is 1.25. The summed E-state index contributed by atoms with van der Waals surface area (Å²) in [4.78, 5) is 14.6. The van der Waals surface area contributed by atoms with Crippen LogP contribution in [-0.4, -0.2) is 15.0 Å². The minimum absolute atomic E-state index is 0.0170. The molecule has 1 unspecified atom stereocenters. The van der Waals surface area contributed by atoms with Gasteiger partial charge in [0.2, 0.25) is 0 Å². The van der Waals surface area contributed by atoms with Crippen LogP contribution < -0.4 is 0 Å². The van der Waals surface area contributed by atoms with E-state index in [1.807, 2.05) is 0 Å².